The second-order valence-corrected chi connectivity index (χ2v) is 12.5. The number of rotatable bonds is 17. The molecule has 0 aliphatic heterocycles. The van der Waals surface area contributed by atoms with E-state index in [2.05, 4.69) is 26.6 Å². The fraction of sp³-hybridized carbons (Fsp3) is 0.371. The van der Waals surface area contributed by atoms with Gasteiger partial charge in [0.1, 0.15) is 35.5 Å². The van der Waals surface area contributed by atoms with Crippen molar-refractivity contribution in [3.8, 4) is 5.75 Å². The first-order valence-electron chi connectivity index (χ1n) is 16.2. The van der Waals surface area contributed by atoms with E-state index >= 15 is 0 Å². The highest BCUT2D eigenvalue weighted by Crippen LogP contribution is 2.21. The van der Waals surface area contributed by atoms with Gasteiger partial charge in [-0.3, -0.25) is 33.6 Å². The van der Waals surface area contributed by atoms with Gasteiger partial charge >= 0.3 is 17.6 Å². The molecule has 4 atom stereocenters. The van der Waals surface area contributed by atoms with Gasteiger partial charge < -0.3 is 46.3 Å². The summed E-state index contributed by atoms with van der Waals surface area (Å²) in [5.74, 6) is -7.27. The number of amides is 5. The van der Waals surface area contributed by atoms with Crippen LogP contribution in [0, 0.1) is 12.8 Å². The van der Waals surface area contributed by atoms with Gasteiger partial charge in [-0.15, -0.1) is 0 Å². The second-order valence-electron chi connectivity index (χ2n) is 12.5. The third-order valence-corrected chi connectivity index (χ3v) is 7.82. The van der Waals surface area contributed by atoms with Crippen molar-refractivity contribution in [3.63, 3.8) is 0 Å². The highest BCUT2D eigenvalue weighted by molar-refractivity contribution is 6.01. The van der Waals surface area contributed by atoms with Gasteiger partial charge in [-0.1, -0.05) is 26.0 Å². The molecule has 1 heterocycles. The normalized spacial score (nSPS) is 13.2. The molecule has 0 bridgehead atoms. The molecule has 17 heteroatoms. The molecule has 0 aliphatic carbocycles. The largest absolute Gasteiger partial charge is 0.508 e. The number of carboxylic acids is 2. The van der Waals surface area contributed by atoms with Crippen LogP contribution in [-0.4, -0.2) is 81.0 Å². The van der Waals surface area contributed by atoms with Gasteiger partial charge in [0, 0.05) is 30.0 Å². The molecule has 0 saturated carbocycles. The highest BCUT2D eigenvalue weighted by atomic mass is 16.4. The van der Waals surface area contributed by atoms with Crippen molar-refractivity contribution in [1.29, 1.82) is 0 Å². The molecule has 278 valence electrons. The molecular weight excluding hydrogens is 682 g/mol. The monoisotopic (exact) mass is 723 g/mol. The van der Waals surface area contributed by atoms with Crippen LogP contribution in [0.2, 0.25) is 0 Å². The van der Waals surface area contributed by atoms with E-state index < -0.39 is 96.4 Å². The minimum atomic E-state index is -1.57. The number of carbonyl (C=O) groups is 7. The molecule has 3 rings (SSSR count). The van der Waals surface area contributed by atoms with E-state index in [1.165, 1.54) is 55.5 Å². The number of fused-ring (bicyclic) bond motifs is 1. The first-order valence-corrected chi connectivity index (χ1v) is 16.2. The lowest BCUT2D eigenvalue weighted by atomic mass is 10.0. The molecule has 2 aromatic carbocycles. The number of phenolic OH excluding ortho intramolecular Hbond substituents is 1. The van der Waals surface area contributed by atoms with E-state index in [-0.39, 0.29) is 23.4 Å². The van der Waals surface area contributed by atoms with Gasteiger partial charge in [-0.25, -0.2) is 4.79 Å². The van der Waals surface area contributed by atoms with E-state index in [0.717, 1.165) is 0 Å². The molecule has 17 nitrogen and oxygen atoms in total. The Kier molecular flexibility index (Phi) is 14.0. The van der Waals surface area contributed by atoms with Gasteiger partial charge in [0.05, 0.1) is 12.8 Å². The van der Waals surface area contributed by atoms with Crippen LogP contribution in [0.3, 0.4) is 0 Å². The molecule has 52 heavy (non-hydrogen) atoms. The van der Waals surface area contributed by atoms with Gasteiger partial charge in [-0.05, 0) is 61.2 Å². The maximum Gasteiger partial charge on any atom is 0.336 e. The van der Waals surface area contributed by atoms with Gasteiger partial charge in [0.25, 0.3) is 0 Å². The van der Waals surface area contributed by atoms with Crippen LogP contribution in [0.15, 0.2) is 57.7 Å². The first kappa shape index (κ1) is 40.2. The number of aryl methyl sites for hydroxylation is 1. The molecule has 0 fully saturated rings. The molecular formula is C35H41N5O12. The van der Waals surface area contributed by atoms with Crippen LogP contribution < -0.4 is 32.2 Å². The number of phenols is 1. The quantitative estimate of drug-likeness (QED) is 0.0905. The van der Waals surface area contributed by atoms with Crippen molar-refractivity contribution in [2.24, 2.45) is 5.92 Å². The molecule has 0 radical (unpaired) electrons. The van der Waals surface area contributed by atoms with E-state index in [4.69, 9.17) is 9.52 Å². The smallest absolute Gasteiger partial charge is 0.336 e. The van der Waals surface area contributed by atoms with Crippen molar-refractivity contribution < 1.29 is 53.3 Å². The SMILES string of the molecule is Cc1cc(=O)oc2ccc(NC(=O)[C@H](CC(=O)O)NC(=O)[C@H](C)NC(=O)[C@H](NC(=O)[C@H](Cc3ccc(O)cc3)NC(=O)CCC(=O)O)C(C)C)cc12. The summed E-state index contributed by atoms with van der Waals surface area (Å²) in [6.07, 6.45) is -1.75. The maximum atomic E-state index is 13.4. The predicted molar refractivity (Wildman–Crippen MR) is 185 cm³/mol. The Morgan fingerprint density at radius 2 is 1.40 bits per heavy atom. The molecule has 5 amide bonds. The number of hydrogen-bond acceptors (Lipinski definition) is 10. The summed E-state index contributed by atoms with van der Waals surface area (Å²) in [6.45, 7) is 6.19. The molecule has 0 unspecified atom stereocenters. The highest BCUT2D eigenvalue weighted by Gasteiger charge is 2.32. The molecule has 8 N–H and O–H groups in total. The average Bonchev–Trinajstić information content (AvgIpc) is 3.06. The van der Waals surface area contributed by atoms with E-state index in [1.807, 2.05) is 0 Å². The van der Waals surface area contributed by atoms with E-state index in [1.54, 1.807) is 20.8 Å². The number of benzene rings is 2. The van der Waals surface area contributed by atoms with Crippen molar-refractivity contribution in [3.05, 3.63) is 70.1 Å². The van der Waals surface area contributed by atoms with Crippen LogP contribution in [0.25, 0.3) is 11.0 Å². The summed E-state index contributed by atoms with van der Waals surface area (Å²) in [4.78, 5) is 99.7. The summed E-state index contributed by atoms with van der Waals surface area (Å²) in [5.41, 5.74) is 1.07. The summed E-state index contributed by atoms with van der Waals surface area (Å²) >= 11 is 0. The Hall–Kier alpha value is -6.26. The van der Waals surface area contributed by atoms with Crippen LogP contribution in [0.4, 0.5) is 5.69 Å². The minimum Gasteiger partial charge on any atom is -0.508 e. The Morgan fingerprint density at radius 3 is 2.02 bits per heavy atom. The zero-order valence-corrected chi connectivity index (χ0v) is 28.8. The first-order chi connectivity index (χ1) is 24.4. The lowest BCUT2D eigenvalue weighted by molar-refractivity contribution is -0.140. The van der Waals surface area contributed by atoms with E-state index in [0.29, 0.717) is 16.5 Å². The lowest BCUT2D eigenvalue weighted by Gasteiger charge is -2.27. The Balaban J connectivity index is 1.70. The van der Waals surface area contributed by atoms with Crippen molar-refractivity contribution in [2.75, 3.05) is 5.32 Å². The predicted octanol–water partition coefficient (Wildman–Crippen LogP) is 0.943. The summed E-state index contributed by atoms with van der Waals surface area (Å²) in [5, 5.41) is 40.8. The number of hydrogen-bond donors (Lipinski definition) is 8. The zero-order valence-electron chi connectivity index (χ0n) is 28.8. The van der Waals surface area contributed by atoms with Crippen molar-refractivity contribution in [1.82, 2.24) is 21.3 Å². The van der Waals surface area contributed by atoms with Gasteiger partial charge in [0.15, 0.2) is 0 Å². The third-order valence-electron chi connectivity index (χ3n) is 7.82. The molecule has 1 aromatic heterocycles. The van der Waals surface area contributed by atoms with Crippen LogP contribution >= 0.6 is 0 Å². The number of aliphatic carboxylic acids is 2. The third kappa shape index (κ3) is 12.0. The number of anilines is 1. The standard InChI is InChI=1S/C35H41N5O12/c1-17(2)31(40-34(50)24(38-27(42)11-12-28(43)44)14-20-5-8-22(41)9-6-20)35(51)36-19(4)32(48)39-25(16-29(45)46)33(49)37-21-7-10-26-23(15-21)18(3)13-30(47)52-26/h5-10,13,15,17,19,24-25,31,41H,11-12,14,16H2,1-4H3,(H,36,51)(H,37,49)(H,38,42)(H,39,48)(H,40,50)(H,43,44)(H,45,46)/t19-,24-,25-,31+/m0/s1. The number of aromatic hydroxyl groups is 1. The molecule has 3 aromatic rings. The fourth-order valence-electron chi connectivity index (χ4n) is 5.03. The van der Waals surface area contributed by atoms with Crippen LogP contribution in [-0.2, 0) is 40.0 Å². The van der Waals surface area contributed by atoms with Crippen LogP contribution in [0.1, 0.15) is 51.2 Å². The van der Waals surface area contributed by atoms with E-state index in [9.17, 15) is 48.6 Å². The van der Waals surface area contributed by atoms with Gasteiger partial charge in [0.2, 0.25) is 29.5 Å². The topological polar surface area (TPSA) is 271 Å². The minimum absolute atomic E-state index is 0.0304. The molecule has 0 aliphatic rings. The Labute approximate surface area is 297 Å². The van der Waals surface area contributed by atoms with Crippen molar-refractivity contribution in [2.45, 2.75) is 77.5 Å². The number of nitrogens with one attached hydrogen (secondary N) is 5. The molecule has 0 spiro atoms. The zero-order chi connectivity index (χ0) is 38.7. The Morgan fingerprint density at radius 1 is 0.731 bits per heavy atom. The number of carboxylic acid groups (broad SMARTS) is 2. The number of carbonyl (C=O) groups excluding carboxylic acids is 5. The van der Waals surface area contributed by atoms with Crippen LogP contribution in [0.5, 0.6) is 5.75 Å². The molecule has 0 saturated heterocycles. The Bertz CT molecular complexity index is 1890. The maximum absolute atomic E-state index is 13.4. The lowest BCUT2D eigenvalue weighted by Crippen LogP contribution is -2.59. The van der Waals surface area contributed by atoms with Gasteiger partial charge in [-0.2, -0.15) is 0 Å². The summed E-state index contributed by atoms with van der Waals surface area (Å²) in [6, 6.07) is 6.10. The summed E-state index contributed by atoms with van der Waals surface area (Å²) in [7, 11) is 0. The fourth-order valence-corrected chi connectivity index (χ4v) is 5.03. The summed E-state index contributed by atoms with van der Waals surface area (Å²) < 4.78 is 5.13. The van der Waals surface area contributed by atoms with Crippen molar-refractivity contribution >= 4 is 58.1 Å². The second kappa shape index (κ2) is 18.1. The average molecular weight is 724 g/mol.